The average Bonchev–Trinajstić information content (AvgIpc) is 3.08. The summed E-state index contributed by atoms with van der Waals surface area (Å²) in [6.45, 7) is 4.06. The van der Waals surface area contributed by atoms with Crippen molar-refractivity contribution in [2.24, 2.45) is 0 Å². The molecule has 4 heteroatoms. The van der Waals surface area contributed by atoms with Gasteiger partial charge in [0.05, 0.1) is 12.8 Å². The summed E-state index contributed by atoms with van der Waals surface area (Å²) in [4.78, 5) is 11.6. The van der Waals surface area contributed by atoms with E-state index in [2.05, 4.69) is 21.0 Å². The number of hydrogen-bond acceptors (Lipinski definition) is 3. The third-order valence-corrected chi connectivity index (χ3v) is 3.99. The van der Waals surface area contributed by atoms with E-state index in [4.69, 9.17) is 4.74 Å². The van der Waals surface area contributed by atoms with Crippen molar-refractivity contribution in [2.45, 2.75) is 13.8 Å². The Morgan fingerprint density at radius 2 is 1.68 bits per heavy atom. The minimum atomic E-state index is 0.870. The molecule has 4 aromatic rings. The van der Waals surface area contributed by atoms with E-state index in [9.17, 15) is 0 Å². The van der Waals surface area contributed by atoms with Crippen molar-refractivity contribution in [3.8, 4) is 17.0 Å². The van der Waals surface area contributed by atoms with Crippen LogP contribution in [0, 0.1) is 13.8 Å². The molecule has 0 aliphatic rings. The molecule has 1 aromatic carbocycles. The molecule has 0 spiro atoms. The third-order valence-electron chi connectivity index (χ3n) is 3.99. The number of H-pyrrole nitrogens is 1. The van der Waals surface area contributed by atoms with Crippen molar-refractivity contribution in [1.82, 2.24) is 15.0 Å². The van der Waals surface area contributed by atoms with E-state index in [-0.39, 0.29) is 0 Å². The lowest BCUT2D eigenvalue weighted by Crippen LogP contribution is -1.86. The Balaban J connectivity index is 0.000000219. The van der Waals surface area contributed by atoms with Crippen molar-refractivity contribution in [3.05, 3.63) is 78.4 Å². The summed E-state index contributed by atoms with van der Waals surface area (Å²) in [7, 11) is 1.69. The highest BCUT2D eigenvalue weighted by Gasteiger charge is 2.09. The van der Waals surface area contributed by atoms with Gasteiger partial charge in [-0.1, -0.05) is 12.1 Å². The number of hydrogen-bond donors (Lipinski definition) is 1. The molecular weight excluding hydrogens is 310 g/mol. The van der Waals surface area contributed by atoms with Crippen LogP contribution in [0.2, 0.25) is 0 Å². The highest BCUT2D eigenvalue weighted by molar-refractivity contribution is 5.88. The standard InChI is InChI=1S/C15H14N2O.C6H7N/c1-10-12-9-14(17-13(12)7-8-16-10)11-5-3-4-6-15(11)18-2;1-6-2-4-7-5-3-6/h3-9,17H,1-2H3;2-5H,1H3. The van der Waals surface area contributed by atoms with Crippen LogP contribution in [0.1, 0.15) is 11.3 Å². The number of pyridine rings is 2. The maximum Gasteiger partial charge on any atom is 0.128 e. The Kier molecular flexibility index (Phi) is 5.09. The van der Waals surface area contributed by atoms with Crippen LogP contribution >= 0.6 is 0 Å². The number of nitrogens with zero attached hydrogens (tertiary/aromatic N) is 2. The smallest absolute Gasteiger partial charge is 0.128 e. The normalized spacial score (nSPS) is 10.2. The van der Waals surface area contributed by atoms with Gasteiger partial charge >= 0.3 is 0 Å². The first-order valence-corrected chi connectivity index (χ1v) is 8.13. The molecule has 0 aliphatic heterocycles. The molecule has 0 fully saturated rings. The van der Waals surface area contributed by atoms with Crippen molar-refractivity contribution >= 4 is 10.9 Å². The van der Waals surface area contributed by atoms with Gasteiger partial charge in [0.25, 0.3) is 0 Å². The number of aromatic amines is 1. The number of aryl methyl sites for hydroxylation is 2. The molecule has 0 aliphatic carbocycles. The predicted octanol–water partition coefficient (Wildman–Crippen LogP) is 4.94. The summed E-state index contributed by atoms with van der Waals surface area (Å²) in [5.74, 6) is 0.870. The van der Waals surface area contributed by atoms with Gasteiger partial charge in [-0.2, -0.15) is 0 Å². The second-order valence-electron chi connectivity index (χ2n) is 5.77. The molecule has 0 saturated heterocycles. The monoisotopic (exact) mass is 331 g/mol. The maximum atomic E-state index is 5.39. The summed E-state index contributed by atoms with van der Waals surface area (Å²) in [6, 6.07) is 16.0. The SMILES string of the molecule is COc1ccccc1-c1cc2c(C)nccc2[nH]1.Cc1ccncc1. The second kappa shape index (κ2) is 7.62. The van der Waals surface area contributed by atoms with Crippen LogP contribution in [0.15, 0.2) is 67.1 Å². The molecule has 0 radical (unpaired) electrons. The van der Waals surface area contributed by atoms with Crippen molar-refractivity contribution in [1.29, 1.82) is 0 Å². The molecule has 3 aromatic heterocycles. The summed E-state index contributed by atoms with van der Waals surface area (Å²) in [5, 5.41) is 1.15. The van der Waals surface area contributed by atoms with Gasteiger partial charge in [-0.05, 0) is 55.8 Å². The largest absolute Gasteiger partial charge is 0.496 e. The van der Waals surface area contributed by atoms with Crippen LogP contribution in [0.3, 0.4) is 0 Å². The van der Waals surface area contributed by atoms with Gasteiger partial charge in [0.15, 0.2) is 0 Å². The van der Waals surface area contributed by atoms with Gasteiger partial charge in [0.1, 0.15) is 5.75 Å². The summed E-state index contributed by atoms with van der Waals surface area (Å²) < 4.78 is 5.39. The Hall–Kier alpha value is -3.14. The maximum absolute atomic E-state index is 5.39. The molecule has 1 N–H and O–H groups in total. The number of fused-ring (bicyclic) bond motifs is 1. The predicted molar refractivity (Wildman–Crippen MR) is 102 cm³/mol. The Morgan fingerprint density at radius 3 is 2.32 bits per heavy atom. The van der Waals surface area contributed by atoms with Crippen molar-refractivity contribution in [2.75, 3.05) is 7.11 Å². The van der Waals surface area contributed by atoms with Crippen molar-refractivity contribution in [3.63, 3.8) is 0 Å². The average molecular weight is 331 g/mol. The summed E-state index contributed by atoms with van der Waals surface area (Å²) >= 11 is 0. The van der Waals surface area contributed by atoms with Gasteiger partial charge in [0, 0.05) is 40.8 Å². The number of aromatic nitrogens is 3. The number of methoxy groups -OCH3 is 1. The molecular formula is C21H21N3O. The van der Waals surface area contributed by atoms with Gasteiger partial charge < -0.3 is 9.72 Å². The molecule has 126 valence electrons. The van der Waals surface area contributed by atoms with Gasteiger partial charge in [-0.15, -0.1) is 0 Å². The Bertz CT molecular complexity index is 961. The third kappa shape index (κ3) is 3.86. The summed E-state index contributed by atoms with van der Waals surface area (Å²) in [6.07, 6.45) is 5.39. The quantitative estimate of drug-likeness (QED) is 0.566. The summed E-state index contributed by atoms with van der Waals surface area (Å²) in [5.41, 5.74) is 5.51. The molecule has 25 heavy (non-hydrogen) atoms. The molecule has 4 nitrogen and oxygen atoms in total. The topological polar surface area (TPSA) is 50.8 Å². The van der Waals surface area contributed by atoms with Crippen LogP contribution in [0.25, 0.3) is 22.2 Å². The molecule has 0 atom stereocenters. The highest BCUT2D eigenvalue weighted by atomic mass is 16.5. The van der Waals surface area contributed by atoms with Gasteiger partial charge in [0.2, 0.25) is 0 Å². The Labute approximate surface area is 147 Å². The minimum absolute atomic E-state index is 0.870. The lowest BCUT2D eigenvalue weighted by Gasteiger charge is -2.05. The number of nitrogens with one attached hydrogen (secondary N) is 1. The second-order valence-corrected chi connectivity index (χ2v) is 5.77. The van der Waals surface area contributed by atoms with E-state index < -0.39 is 0 Å². The Morgan fingerprint density at radius 1 is 0.920 bits per heavy atom. The first-order chi connectivity index (χ1) is 12.2. The number of benzene rings is 1. The fraction of sp³-hybridized carbons (Fsp3) is 0.143. The van der Waals surface area contributed by atoms with Gasteiger partial charge in [-0.3, -0.25) is 9.97 Å². The number of rotatable bonds is 2. The van der Waals surface area contributed by atoms with E-state index in [0.29, 0.717) is 0 Å². The van der Waals surface area contributed by atoms with E-state index in [1.165, 1.54) is 5.56 Å². The first kappa shape index (κ1) is 16.7. The van der Waals surface area contributed by atoms with E-state index in [1.54, 1.807) is 19.5 Å². The van der Waals surface area contributed by atoms with E-state index >= 15 is 0 Å². The molecule has 4 rings (SSSR count). The lowest BCUT2D eigenvalue weighted by molar-refractivity contribution is 0.416. The first-order valence-electron chi connectivity index (χ1n) is 8.13. The highest BCUT2D eigenvalue weighted by Crippen LogP contribution is 2.31. The van der Waals surface area contributed by atoms with Crippen LogP contribution < -0.4 is 4.74 Å². The molecule has 3 heterocycles. The molecule has 0 bridgehead atoms. The van der Waals surface area contributed by atoms with Crippen LogP contribution in [0.5, 0.6) is 5.75 Å². The van der Waals surface area contributed by atoms with E-state index in [1.807, 2.05) is 62.5 Å². The van der Waals surface area contributed by atoms with Crippen molar-refractivity contribution < 1.29 is 4.74 Å². The van der Waals surface area contributed by atoms with E-state index in [0.717, 1.165) is 33.6 Å². The zero-order valence-corrected chi connectivity index (χ0v) is 14.7. The fourth-order valence-corrected chi connectivity index (χ4v) is 2.63. The zero-order valence-electron chi connectivity index (χ0n) is 14.7. The molecule has 0 amide bonds. The minimum Gasteiger partial charge on any atom is -0.496 e. The van der Waals surface area contributed by atoms with Gasteiger partial charge in [-0.25, -0.2) is 0 Å². The lowest BCUT2D eigenvalue weighted by atomic mass is 10.1. The number of para-hydroxylation sites is 1. The fourth-order valence-electron chi connectivity index (χ4n) is 2.63. The molecule has 0 saturated carbocycles. The molecule has 0 unspecified atom stereocenters. The van der Waals surface area contributed by atoms with Crippen LogP contribution in [0.4, 0.5) is 0 Å². The number of ether oxygens (including phenoxy) is 1. The van der Waals surface area contributed by atoms with Crippen LogP contribution in [-0.2, 0) is 0 Å². The van der Waals surface area contributed by atoms with Crippen LogP contribution in [-0.4, -0.2) is 22.1 Å². The zero-order chi connectivity index (χ0) is 17.6.